The lowest BCUT2D eigenvalue weighted by atomic mass is 10.2. The summed E-state index contributed by atoms with van der Waals surface area (Å²) in [6.45, 7) is 3.49. The molecule has 0 fully saturated rings. The third-order valence-corrected chi connectivity index (χ3v) is 1.72. The molecule has 0 spiro atoms. The highest BCUT2D eigenvalue weighted by molar-refractivity contribution is 5.90. The van der Waals surface area contributed by atoms with Crippen LogP contribution in [-0.2, 0) is 9.53 Å². The van der Waals surface area contributed by atoms with Crippen LogP contribution in [0.25, 0.3) is 0 Å². The molecule has 0 aliphatic heterocycles. The first-order valence-corrected chi connectivity index (χ1v) is 5.18. The van der Waals surface area contributed by atoms with Crippen LogP contribution in [0.1, 0.15) is 24.2 Å². The number of rotatable bonds is 2. The second kappa shape index (κ2) is 7.89. The predicted octanol–water partition coefficient (Wildman–Crippen LogP) is 2.09. The van der Waals surface area contributed by atoms with E-state index in [0.29, 0.717) is 11.3 Å². The van der Waals surface area contributed by atoms with Crippen molar-refractivity contribution in [3.8, 4) is 0 Å². The quantitative estimate of drug-likeness (QED) is 0.477. The van der Waals surface area contributed by atoms with E-state index in [0.717, 1.165) is 5.57 Å². The smallest absolute Gasteiger partial charge is 0.337 e. The van der Waals surface area contributed by atoms with Gasteiger partial charge < -0.3 is 15.6 Å². The van der Waals surface area contributed by atoms with Gasteiger partial charge in [0.25, 0.3) is 0 Å². The van der Waals surface area contributed by atoms with Gasteiger partial charge in [0, 0.05) is 11.8 Å². The standard InChI is InChI=1S/C8H9NO2.C5H8O2/c1-11-8(10)6-3-2-4-7(9)5-6;1-4(2)3-5(6)7/h2-5H,9H2,1H3;3H,1-2H3,(H,6,7). The number of nitrogen functional groups attached to an aromatic ring is 1. The fourth-order valence-corrected chi connectivity index (χ4v) is 1.03. The fourth-order valence-electron chi connectivity index (χ4n) is 1.03. The molecule has 0 radical (unpaired) electrons. The third-order valence-electron chi connectivity index (χ3n) is 1.72. The predicted molar refractivity (Wildman–Crippen MR) is 69.3 cm³/mol. The SMILES string of the molecule is CC(C)=CC(=O)O.COC(=O)c1cccc(N)c1. The van der Waals surface area contributed by atoms with E-state index in [2.05, 4.69) is 4.74 Å². The molecule has 3 N–H and O–H groups in total. The van der Waals surface area contributed by atoms with E-state index in [1.54, 1.807) is 38.1 Å². The molecule has 1 rings (SSSR count). The van der Waals surface area contributed by atoms with E-state index in [9.17, 15) is 9.59 Å². The number of ether oxygens (including phenoxy) is 1. The van der Waals surface area contributed by atoms with Crippen LogP contribution in [0.3, 0.4) is 0 Å². The number of allylic oxidation sites excluding steroid dienone is 1. The minimum atomic E-state index is -0.875. The summed E-state index contributed by atoms with van der Waals surface area (Å²) in [4.78, 5) is 20.6. The highest BCUT2D eigenvalue weighted by Crippen LogP contribution is 2.06. The number of carbonyl (C=O) groups is 2. The van der Waals surface area contributed by atoms with Gasteiger partial charge in [-0.25, -0.2) is 9.59 Å². The lowest BCUT2D eigenvalue weighted by Crippen LogP contribution is -2.01. The normalized spacial score (nSPS) is 8.61. The molecule has 1 aromatic carbocycles. The second-order valence-electron chi connectivity index (χ2n) is 3.68. The highest BCUT2D eigenvalue weighted by Gasteiger charge is 2.03. The van der Waals surface area contributed by atoms with Crippen LogP contribution in [-0.4, -0.2) is 24.2 Å². The lowest BCUT2D eigenvalue weighted by Gasteiger charge is -1.98. The number of aliphatic carboxylic acids is 1. The Bertz CT molecular complexity index is 448. The summed E-state index contributed by atoms with van der Waals surface area (Å²) in [5.41, 5.74) is 7.30. The number of anilines is 1. The molecule has 98 valence electrons. The van der Waals surface area contributed by atoms with E-state index in [1.165, 1.54) is 13.2 Å². The van der Waals surface area contributed by atoms with Gasteiger partial charge in [0.2, 0.25) is 0 Å². The molecule has 0 heterocycles. The van der Waals surface area contributed by atoms with Crippen molar-refractivity contribution in [1.29, 1.82) is 0 Å². The van der Waals surface area contributed by atoms with Gasteiger partial charge in [0.1, 0.15) is 0 Å². The van der Waals surface area contributed by atoms with Gasteiger partial charge in [-0.2, -0.15) is 0 Å². The molecule has 0 saturated heterocycles. The van der Waals surface area contributed by atoms with Gasteiger partial charge >= 0.3 is 11.9 Å². The maximum absolute atomic E-state index is 10.9. The minimum absolute atomic E-state index is 0.364. The molecule has 0 atom stereocenters. The Balaban J connectivity index is 0.000000360. The molecule has 0 aliphatic carbocycles. The minimum Gasteiger partial charge on any atom is -0.478 e. The molecule has 0 saturated carbocycles. The summed E-state index contributed by atoms with van der Waals surface area (Å²) in [7, 11) is 1.34. The number of nitrogens with two attached hydrogens (primary N) is 1. The van der Waals surface area contributed by atoms with E-state index in [1.807, 2.05) is 0 Å². The van der Waals surface area contributed by atoms with E-state index in [4.69, 9.17) is 10.8 Å². The first kappa shape index (κ1) is 15.7. The molecule has 5 heteroatoms. The van der Waals surface area contributed by atoms with E-state index in [-0.39, 0.29) is 5.97 Å². The number of hydrogen-bond donors (Lipinski definition) is 2. The van der Waals surface area contributed by atoms with Crippen molar-refractivity contribution < 1.29 is 19.4 Å². The second-order valence-corrected chi connectivity index (χ2v) is 3.68. The summed E-state index contributed by atoms with van der Waals surface area (Å²) < 4.78 is 4.50. The number of benzene rings is 1. The van der Waals surface area contributed by atoms with Crippen LogP contribution < -0.4 is 5.73 Å². The first-order chi connectivity index (χ1) is 8.36. The summed E-state index contributed by atoms with van der Waals surface area (Å²) >= 11 is 0. The van der Waals surface area contributed by atoms with Crippen LogP contribution in [0.4, 0.5) is 5.69 Å². The molecule has 0 amide bonds. The number of hydrogen-bond acceptors (Lipinski definition) is 4. The zero-order valence-electron chi connectivity index (χ0n) is 10.6. The van der Waals surface area contributed by atoms with Gasteiger partial charge in [-0.3, -0.25) is 0 Å². The van der Waals surface area contributed by atoms with Crippen molar-refractivity contribution in [3.05, 3.63) is 41.5 Å². The Morgan fingerprint density at radius 1 is 1.33 bits per heavy atom. The van der Waals surface area contributed by atoms with Gasteiger partial charge in [0.05, 0.1) is 12.7 Å². The van der Waals surface area contributed by atoms with Crippen LogP contribution in [0.5, 0.6) is 0 Å². The number of methoxy groups -OCH3 is 1. The van der Waals surface area contributed by atoms with Crippen LogP contribution >= 0.6 is 0 Å². The Hall–Kier alpha value is -2.30. The molecule has 5 nitrogen and oxygen atoms in total. The lowest BCUT2D eigenvalue weighted by molar-refractivity contribution is -0.131. The number of carbonyl (C=O) groups excluding carboxylic acids is 1. The van der Waals surface area contributed by atoms with Crippen LogP contribution in [0, 0.1) is 0 Å². The molecule has 1 aromatic rings. The van der Waals surface area contributed by atoms with Gasteiger partial charge in [-0.15, -0.1) is 0 Å². The Labute approximate surface area is 106 Å². The largest absolute Gasteiger partial charge is 0.478 e. The average Bonchev–Trinajstić information content (AvgIpc) is 2.27. The Morgan fingerprint density at radius 2 is 1.94 bits per heavy atom. The fraction of sp³-hybridized carbons (Fsp3) is 0.231. The summed E-state index contributed by atoms with van der Waals surface area (Å²) in [5, 5.41) is 8.01. The van der Waals surface area contributed by atoms with Crippen LogP contribution in [0.2, 0.25) is 0 Å². The van der Waals surface area contributed by atoms with Crippen molar-refractivity contribution in [2.75, 3.05) is 12.8 Å². The number of carboxylic acid groups (broad SMARTS) is 1. The van der Waals surface area contributed by atoms with Crippen molar-refractivity contribution >= 4 is 17.6 Å². The van der Waals surface area contributed by atoms with E-state index >= 15 is 0 Å². The molecular formula is C13H17NO4. The Morgan fingerprint density at radius 3 is 2.28 bits per heavy atom. The molecule has 0 bridgehead atoms. The maximum Gasteiger partial charge on any atom is 0.337 e. The van der Waals surface area contributed by atoms with E-state index < -0.39 is 5.97 Å². The summed E-state index contributed by atoms with van der Waals surface area (Å²) in [6.07, 6.45) is 1.17. The van der Waals surface area contributed by atoms with Crippen molar-refractivity contribution in [3.63, 3.8) is 0 Å². The topological polar surface area (TPSA) is 89.6 Å². The van der Waals surface area contributed by atoms with Crippen molar-refractivity contribution in [1.82, 2.24) is 0 Å². The maximum atomic E-state index is 10.9. The van der Waals surface area contributed by atoms with Gasteiger partial charge in [0.15, 0.2) is 0 Å². The van der Waals surface area contributed by atoms with Crippen molar-refractivity contribution in [2.45, 2.75) is 13.8 Å². The zero-order valence-corrected chi connectivity index (χ0v) is 10.6. The average molecular weight is 251 g/mol. The van der Waals surface area contributed by atoms with Gasteiger partial charge in [-0.05, 0) is 32.0 Å². The molecule has 0 unspecified atom stereocenters. The zero-order chi connectivity index (χ0) is 14.1. The molecule has 0 aromatic heterocycles. The third kappa shape index (κ3) is 7.05. The molecule has 0 aliphatic rings. The monoisotopic (exact) mass is 251 g/mol. The summed E-state index contributed by atoms with van der Waals surface area (Å²) in [5.74, 6) is -1.24. The molecule has 18 heavy (non-hydrogen) atoms. The van der Waals surface area contributed by atoms with Crippen LogP contribution in [0.15, 0.2) is 35.9 Å². The van der Waals surface area contributed by atoms with Crippen molar-refractivity contribution in [2.24, 2.45) is 0 Å². The van der Waals surface area contributed by atoms with Gasteiger partial charge in [-0.1, -0.05) is 11.6 Å². The first-order valence-electron chi connectivity index (χ1n) is 5.18. The highest BCUT2D eigenvalue weighted by atomic mass is 16.5. The number of carboxylic acids is 1. The summed E-state index contributed by atoms with van der Waals surface area (Å²) in [6, 6.07) is 6.65. The number of esters is 1. The molecular weight excluding hydrogens is 234 g/mol. The Kier molecular flexibility index (Phi) is 6.88.